The Bertz CT molecular complexity index is 714. The highest BCUT2D eigenvalue weighted by Gasteiger charge is 2.08. The zero-order chi connectivity index (χ0) is 16.1. The molecule has 3 N–H and O–H groups in total. The molecule has 0 saturated carbocycles. The molecule has 0 saturated heterocycles. The minimum Gasteiger partial charge on any atom is -0.508 e. The molecule has 6 nitrogen and oxygen atoms in total. The summed E-state index contributed by atoms with van der Waals surface area (Å²) < 4.78 is 4.97. The molecule has 0 fully saturated rings. The van der Waals surface area contributed by atoms with Crippen molar-refractivity contribution in [3.8, 4) is 17.2 Å². The third-order valence-electron chi connectivity index (χ3n) is 2.78. The molecule has 114 valence electrons. The van der Waals surface area contributed by atoms with E-state index >= 15 is 0 Å². The Morgan fingerprint density at radius 2 is 1.95 bits per heavy atom. The van der Waals surface area contributed by atoms with E-state index in [2.05, 4.69) is 10.5 Å². The van der Waals surface area contributed by atoms with Crippen LogP contribution < -0.4 is 10.2 Å². The van der Waals surface area contributed by atoms with Crippen LogP contribution in [0.4, 0.5) is 0 Å². The number of hydrogen-bond acceptors (Lipinski definition) is 5. The van der Waals surface area contributed by atoms with E-state index in [1.54, 1.807) is 0 Å². The van der Waals surface area contributed by atoms with E-state index in [0.29, 0.717) is 11.1 Å². The maximum Gasteiger partial charge on any atom is 0.271 e. The zero-order valence-electron chi connectivity index (χ0n) is 11.6. The van der Waals surface area contributed by atoms with Gasteiger partial charge < -0.3 is 14.9 Å². The van der Waals surface area contributed by atoms with Crippen LogP contribution >= 0.6 is 11.6 Å². The van der Waals surface area contributed by atoms with E-state index in [1.165, 1.54) is 49.7 Å². The van der Waals surface area contributed by atoms with Crippen LogP contribution in [0, 0.1) is 0 Å². The van der Waals surface area contributed by atoms with E-state index in [9.17, 15) is 9.90 Å². The SMILES string of the molecule is COc1cc(/C=N/NC(=O)c2ccc(O)cc2)cc(Cl)c1O. The van der Waals surface area contributed by atoms with E-state index in [0.717, 1.165) is 0 Å². The summed E-state index contributed by atoms with van der Waals surface area (Å²) in [5, 5.41) is 22.7. The highest BCUT2D eigenvalue weighted by Crippen LogP contribution is 2.34. The van der Waals surface area contributed by atoms with Gasteiger partial charge >= 0.3 is 0 Å². The first kappa shape index (κ1) is 15.7. The van der Waals surface area contributed by atoms with Crippen LogP contribution in [0.5, 0.6) is 17.2 Å². The summed E-state index contributed by atoms with van der Waals surface area (Å²) in [7, 11) is 1.40. The summed E-state index contributed by atoms with van der Waals surface area (Å²) >= 11 is 5.85. The van der Waals surface area contributed by atoms with Crippen LogP contribution in [0.3, 0.4) is 0 Å². The van der Waals surface area contributed by atoms with Crippen molar-refractivity contribution < 1.29 is 19.7 Å². The number of amides is 1. The van der Waals surface area contributed by atoms with Gasteiger partial charge in [-0.2, -0.15) is 5.10 Å². The second kappa shape index (κ2) is 6.82. The molecule has 0 aliphatic carbocycles. The first-order chi connectivity index (χ1) is 10.5. The number of rotatable bonds is 4. The monoisotopic (exact) mass is 320 g/mol. The molecular formula is C15H13ClN2O4. The standard InChI is InChI=1S/C15H13ClN2O4/c1-22-13-7-9(6-12(16)14(13)20)8-17-18-15(21)10-2-4-11(19)5-3-10/h2-8,19-20H,1H3,(H,18,21)/b17-8+. The van der Waals surface area contributed by atoms with E-state index in [-0.39, 0.29) is 22.3 Å². The number of nitrogens with one attached hydrogen (secondary N) is 1. The predicted octanol–water partition coefficient (Wildman–Crippen LogP) is 2.52. The van der Waals surface area contributed by atoms with Gasteiger partial charge in [0.05, 0.1) is 18.3 Å². The minimum absolute atomic E-state index is 0.0749. The van der Waals surface area contributed by atoms with Crippen molar-refractivity contribution >= 4 is 23.7 Å². The molecule has 0 bridgehead atoms. The Morgan fingerprint density at radius 3 is 2.59 bits per heavy atom. The molecule has 1 amide bonds. The Morgan fingerprint density at radius 1 is 1.27 bits per heavy atom. The smallest absolute Gasteiger partial charge is 0.271 e. The molecule has 0 aliphatic rings. The molecule has 2 aromatic rings. The minimum atomic E-state index is -0.423. The van der Waals surface area contributed by atoms with E-state index in [4.69, 9.17) is 21.4 Å². The van der Waals surface area contributed by atoms with Crippen molar-refractivity contribution in [1.82, 2.24) is 5.43 Å². The van der Waals surface area contributed by atoms with Crippen molar-refractivity contribution in [2.24, 2.45) is 5.10 Å². The average molecular weight is 321 g/mol. The molecule has 0 heterocycles. The third kappa shape index (κ3) is 3.67. The van der Waals surface area contributed by atoms with Gasteiger partial charge in [0.15, 0.2) is 11.5 Å². The molecule has 2 aromatic carbocycles. The number of carbonyl (C=O) groups is 1. The van der Waals surface area contributed by atoms with Crippen LogP contribution in [0.2, 0.25) is 5.02 Å². The lowest BCUT2D eigenvalue weighted by atomic mass is 10.2. The number of hydrazone groups is 1. The van der Waals surface area contributed by atoms with Gasteiger partial charge in [0.1, 0.15) is 5.75 Å². The van der Waals surface area contributed by atoms with Gasteiger partial charge in [-0.1, -0.05) is 11.6 Å². The van der Waals surface area contributed by atoms with Gasteiger partial charge in [-0.15, -0.1) is 0 Å². The number of phenols is 2. The molecule has 0 unspecified atom stereocenters. The largest absolute Gasteiger partial charge is 0.508 e. The Kier molecular flexibility index (Phi) is 4.85. The first-order valence-electron chi connectivity index (χ1n) is 6.20. The number of hydrogen-bond donors (Lipinski definition) is 3. The van der Waals surface area contributed by atoms with Crippen molar-refractivity contribution in [3.63, 3.8) is 0 Å². The summed E-state index contributed by atoms with van der Waals surface area (Å²) in [5.41, 5.74) is 3.25. The highest BCUT2D eigenvalue weighted by molar-refractivity contribution is 6.32. The fraction of sp³-hybridized carbons (Fsp3) is 0.0667. The van der Waals surface area contributed by atoms with Gasteiger partial charge in [0, 0.05) is 5.56 Å². The number of ether oxygens (including phenoxy) is 1. The van der Waals surface area contributed by atoms with Crippen LogP contribution in [0.25, 0.3) is 0 Å². The Labute approximate surface area is 131 Å². The van der Waals surface area contributed by atoms with Crippen molar-refractivity contribution in [2.45, 2.75) is 0 Å². The van der Waals surface area contributed by atoms with Crippen molar-refractivity contribution in [1.29, 1.82) is 0 Å². The van der Waals surface area contributed by atoms with Gasteiger partial charge in [-0.3, -0.25) is 4.79 Å². The molecule has 0 atom stereocenters. The first-order valence-corrected chi connectivity index (χ1v) is 6.58. The summed E-state index contributed by atoms with van der Waals surface area (Å²) in [6.07, 6.45) is 1.37. The van der Waals surface area contributed by atoms with Crippen molar-refractivity contribution in [3.05, 3.63) is 52.5 Å². The van der Waals surface area contributed by atoms with E-state index in [1.807, 2.05) is 0 Å². The number of benzene rings is 2. The Balaban J connectivity index is 2.08. The number of nitrogens with zero attached hydrogens (tertiary/aromatic N) is 1. The molecule has 22 heavy (non-hydrogen) atoms. The van der Waals surface area contributed by atoms with Gasteiger partial charge in [0.25, 0.3) is 5.91 Å². The fourth-order valence-electron chi connectivity index (χ4n) is 1.67. The quantitative estimate of drug-likeness (QED) is 0.596. The second-order valence-electron chi connectivity index (χ2n) is 4.30. The van der Waals surface area contributed by atoms with E-state index < -0.39 is 5.91 Å². The average Bonchev–Trinajstić information content (AvgIpc) is 2.51. The second-order valence-corrected chi connectivity index (χ2v) is 4.71. The third-order valence-corrected chi connectivity index (χ3v) is 3.07. The summed E-state index contributed by atoms with van der Waals surface area (Å²) in [4.78, 5) is 11.8. The van der Waals surface area contributed by atoms with Crippen LogP contribution in [-0.4, -0.2) is 29.4 Å². The maximum absolute atomic E-state index is 11.8. The lowest BCUT2D eigenvalue weighted by Crippen LogP contribution is -2.17. The number of aromatic hydroxyl groups is 2. The van der Waals surface area contributed by atoms with Crippen LogP contribution in [0.15, 0.2) is 41.5 Å². The molecular weight excluding hydrogens is 308 g/mol. The van der Waals surface area contributed by atoms with Crippen molar-refractivity contribution in [2.75, 3.05) is 7.11 Å². The van der Waals surface area contributed by atoms with Gasteiger partial charge in [-0.25, -0.2) is 5.43 Å². The van der Waals surface area contributed by atoms with Crippen LogP contribution in [-0.2, 0) is 0 Å². The molecule has 0 radical (unpaired) electrons. The summed E-state index contributed by atoms with van der Waals surface area (Å²) in [6.45, 7) is 0. The number of methoxy groups -OCH3 is 1. The van der Waals surface area contributed by atoms with Gasteiger partial charge in [-0.05, 0) is 42.0 Å². The highest BCUT2D eigenvalue weighted by atomic mass is 35.5. The molecule has 0 aromatic heterocycles. The molecule has 2 rings (SSSR count). The topological polar surface area (TPSA) is 91.2 Å². The van der Waals surface area contributed by atoms with Crippen LogP contribution in [0.1, 0.15) is 15.9 Å². The molecule has 7 heteroatoms. The molecule has 0 aliphatic heterocycles. The number of halogens is 1. The predicted molar refractivity (Wildman–Crippen MR) is 82.8 cm³/mol. The fourth-order valence-corrected chi connectivity index (χ4v) is 1.89. The lowest BCUT2D eigenvalue weighted by molar-refractivity contribution is 0.0955. The number of carbonyl (C=O) groups excluding carboxylic acids is 1. The molecule has 0 spiro atoms. The van der Waals surface area contributed by atoms with Gasteiger partial charge in [0.2, 0.25) is 0 Å². The normalized spacial score (nSPS) is 10.6. The Hall–Kier alpha value is -2.73. The number of phenolic OH excluding ortho intramolecular Hbond substituents is 2. The summed E-state index contributed by atoms with van der Waals surface area (Å²) in [5.74, 6) is -0.299. The maximum atomic E-state index is 11.8. The summed E-state index contributed by atoms with van der Waals surface area (Å²) in [6, 6.07) is 8.76. The lowest BCUT2D eigenvalue weighted by Gasteiger charge is -2.06. The zero-order valence-corrected chi connectivity index (χ0v) is 12.3.